The van der Waals surface area contributed by atoms with E-state index in [1.807, 2.05) is 25.4 Å². The van der Waals surface area contributed by atoms with Crippen LogP contribution >= 0.6 is 15.9 Å². The summed E-state index contributed by atoms with van der Waals surface area (Å²) in [7, 11) is 0. The molecule has 0 saturated carbocycles. The van der Waals surface area contributed by atoms with Crippen LogP contribution in [0.2, 0.25) is 0 Å². The van der Waals surface area contributed by atoms with E-state index in [1.54, 1.807) is 0 Å². The van der Waals surface area contributed by atoms with Gasteiger partial charge in [0.1, 0.15) is 5.52 Å². The topological polar surface area (TPSA) is 67.9 Å². The second-order valence-corrected chi connectivity index (χ2v) is 7.16. The highest BCUT2D eigenvalue weighted by Crippen LogP contribution is 2.30. The van der Waals surface area contributed by atoms with Crippen molar-refractivity contribution >= 4 is 32.7 Å². The molecule has 4 heterocycles. The van der Waals surface area contributed by atoms with E-state index >= 15 is 0 Å². The number of hydrogen-bond acceptors (Lipinski definition) is 6. The number of anilines is 1. The van der Waals surface area contributed by atoms with Gasteiger partial charge in [-0.2, -0.15) is 4.98 Å². The summed E-state index contributed by atoms with van der Waals surface area (Å²) >= 11 is 3.46. The Bertz CT molecular complexity index is 865. The summed E-state index contributed by atoms with van der Waals surface area (Å²) in [5.74, 6) is 1.96. The molecule has 1 aliphatic rings. The summed E-state index contributed by atoms with van der Waals surface area (Å²) in [6.07, 6.45) is 6.89. The fraction of sp³-hybridized carbons (Fsp3) is 0.412. The van der Waals surface area contributed by atoms with E-state index in [1.165, 1.54) is 6.42 Å². The summed E-state index contributed by atoms with van der Waals surface area (Å²) in [5.41, 5.74) is 3.02. The highest BCUT2D eigenvalue weighted by Gasteiger charge is 2.23. The minimum atomic E-state index is 0.523. The van der Waals surface area contributed by atoms with Crippen LogP contribution in [0.4, 0.5) is 5.69 Å². The summed E-state index contributed by atoms with van der Waals surface area (Å²) in [4.78, 5) is 15.8. The van der Waals surface area contributed by atoms with Crippen molar-refractivity contribution in [3.63, 3.8) is 0 Å². The van der Waals surface area contributed by atoms with Crippen LogP contribution in [-0.2, 0) is 6.42 Å². The first-order valence-electron chi connectivity index (χ1n) is 8.13. The lowest BCUT2D eigenvalue weighted by atomic mass is 9.94. The molecule has 6 nitrogen and oxygen atoms in total. The van der Waals surface area contributed by atoms with Crippen LogP contribution in [0.1, 0.15) is 24.6 Å². The molecular formula is C17H18BrN5O. The first-order chi connectivity index (χ1) is 11.7. The maximum absolute atomic E-state index is 5.09. The van der Waals surface area contributed by atoms with E-state index in [2.05, 4.69) is 47.0 Å². The third-order valence-corrected chi connectivity index (χ3v) is 4.86. The standard InChI is InChI=1S/C17H18BrN5O/c1-11-21-16(22-24-11)7-12-3-2-6-23(10-12)15-4-5-19-14-8-13(18)9-20-17(14)15/h4-5,8-9,12H,2-3,6-7,10H2,1H3. The van der Waals surface area contributed by atoms with Crippen molar-refractivity contribution in [1.82, 2.24) is 20.1 Å². The Balaban J connectivity index is 1.58. The van der Waals surface area contributed by atoms with Gasteiger partial charge < -0.3 is 9.42 Å². The van der Waals surface area contributed by atoms with Gasteiger partial charge in [0, 0.05) is 43.3 Å². The Morgan fingerprint density at radius 1 is 1.38 bits per heavy atom. The average molecular weight is 388 g/mol. The number of rotatable bonds is 3. The number of piperidine rings is 1. The molecule has 1 atom stereocenters. The van der Waals surface area contributed by atoms with Crippen LogP contribution in [0.15, 0.2) is 33.5 Å². The molecule has 7 heteroatoms. The van der Waals surface area contributed by atoms with Crippen LogP contribution in [-0.4, -0.2) is 33.2 Å². The molecule has 1 unspecified atom stereocenters. The third kappa shape index (κ3) is 3.13. The highest BCUT2D eigenvalue weighted by molar-refractivity contribution is 9.10. The van der Waals surface area contributed by atoms with Crippen molar-refractivity contribution in [3.8, 4) is 0 Å². The normalized spacial score (nSPS) is 18.2. The molecule has 4 rings (SSSR count). The molecule has 0 aromatic carbocycles. The molecule has 3 aromatic rings. The average Bonchev–Trinajstić information content (AvgIpc) is 2.99. The van der Waals surface area contributed by atoms with Crippen molar-refractivity contribution in [1.29, 1.82) is 0 Å². The van der Waals surface area contributed by atoms with E-state index in [9.17, 15) is 0 Å². The Morgan fingerprint density at radius 2 is 2.29 bits per heavy atom. The molecule has 1 fully saturated rings. The Kier molecular flexibility index (Phi) is 4.18. The van der Waals surface area contributed by atoms with Crippen LogP contribution < -0.4 is 4.90 Å². The minimum absolute atomic E-state index is 0.523. The molecule has 24 heavy (non-hydrogen) atoms. The molecular weight excluding hydrogens is 370 g/mol. The Labute approximate surface area is 148 Å². The zero-order valence-electron chi connectivity index (χ0n) is 13.4. The van der Waals surface area contributed by atoms with Gasteiger partial charge in [0.05, 0.1) is 11.2 Å². The van der Waals surface area contributed by atoms with Gasteiger partial charge in [0.2, 0.25) is 5.89 Å². The van der Waals surface area contributed by atoms with E-state index in [4.69, 9.17) is 4.52 Å². The summed E-state index contributed by atoms with van der Waals surface area (Å²) in [6, 6.07) is 4.07. The van der Waals surface area contributed by atoms with Gasteiger partial charge in [-0.25, -0.2) is 0 Å². The largest absolute Gasteiger partial charge is 0.369 e. The van der Waals surface area contributed by atoms with Crippen molar-refractivity contribution in [3.05, 3.63) is 40.7 Å². The lowest BCUT2D eigenvalue weighted by molar-refractivity contribution is 0.370. The Morgan fingerprint density at radius 3 is 3.12 bits per heavy atom. The predicted molar refractivity (Wildman–Crippen MR) is 94.9 cm³/mol. The monoisotopic (exact) mass is 387 g/mol. The number of pyridine rings is 2. The zero-order valence-corrected chi connectivity index (χ0v) is 15.0. The zero-order chi connectivity index (χ0) is 16.5. The molecule has 3 aromatic heterocycles. The van der Waals surface area contributed by atoms with Gasteiger partial charge in [-0.1, -0.05) is 5.16 Å². The molecule has 0 N–H and O–H groups in total. The van der Waals surface area contributed by atoms with Crippen molar-refractivity contribution < 1.29 is 4.52 Å². The van der Waals surface area contributed by atoms with Gasteiger partial charge in [-0.05, 0) is 46.8 Å². The Hall–Kier alpha value is -2.02. The predicted octanol–water partition coefficient (Wildman–Crippen LogP) is 3.54. The van der Waals surface area contributed by atoms with Crippen LogP contribution in [0.5, 0.6) is 0 Å². The molecule has 124 valence electrons. The van der Waals surface area contributed by atoms with Gasteiger partial charge in [0.25, 0.3) is 0 Å². The number of hydrogen-bond donors (Lipinski definition) is 0. The highest BCUT2D eigenvalue weighted by atomic mass is 79.9. The number of aromatic nitrogens is 4. The second-order valence-electron chi connectivity index (χ2n) is 6.24. The smallest absolute Gasteiger partial charge is 0.223 e. The van der Waals surface area contributed by atoms with Crippen molar-refractivity contribution in [2.24, 2.45) is 5.92 Å². The minimum Gasteiger partial charge on any atom is -0.369 e. The maximum Gasteiger partial charge on any atom is 0.223 e. The van der Waals surface area contributed by atoms with Crippen LogP contribution in [0, 0.1) is 12.8 Å². The van der Waals surface area contributed by atoms with Gasteiger partial charge in [-0.3, -0.25) is 9.97 Å². The van der Waals surface area contributed by atoms with Crippen LogP contribution in [0.3, 0.4) is 0 Å². The molecule has 0 amide bonds. The fourth-order valence-corrected chi connectivity index (χ4v) is 3.70. The molecule has 0 bridgehead atoms. The molecule has 0 aliphatic carbocycles. The second kappa shape index (κ2) is 6.47. The SMILES string of the molecule is Cc1nc(CC2CCCN(c3ccnc4cc(Br)cnc34)C2)no1. The summed E-state index contributed by atoms with van der Waals surface area (Å²) in [6.45, 7) is 3.85. The van der Waals surface area contributed by atoms with Crippen molar-refractivity contribution in [2.45, 2.75) is 26.2 Å². The number of nitrogens with zero attached hydrogens (tertiary/aromatic N) is 5. The number of fused-ring (bicyclic) bond motifs is 1. The fourth-order valence-electron chi connectivity index (χ4n) is 3.38. The first-order valence-corrected chi connectivity index (χ1v) is 8.93. The maximum atomic E-state index is 5.09. The molecule has 0 spiro atoms. The van der Waals surface area contributed by atoms with Crippen molar-refractivity contribution in [2.75, 3.05) is 18.0 Å². The molecule has 1 saturated heterocycles. The number of aryl methyl sites for hydroxylation is 1. The van der Waals surface area contributed by atoms with E-state index in [0.717, 1.165) is 52.9 Å². The first kappa shape index (κ1) is 15.5. The lowest BCUT2D eigenvalue weighted by Gasteiger charge is -2.34. The van der Waals surface area contributed by atoms with E-state index < -0.39 is 0 Å². The quantitative estimate of drug-likeness (QED) is 0.684. The van der Waals surface area contributed by atoms with Gasteiger partial charge in [0.15, 0.2) is 5.82 Å². The summed E-state index contributed by atoms with van der Waals surface area (Å²) in [5, 5.41) is 4.04. The molecule has 1 aliphatic heterocycles. The van der Waals surface area contributed by atoms with E-state index in [-0.39, 0.29) is 0 Å². The van der Waals surface area contributed by atoms with Gasteiger partial charge >= 0.3 is 0 Å². The molecule has 0 radical (unpaired) electrons. The number of halogens is 1. The van der Waals surface area contributed by atoms with Crippen LogP contribution in [0.25, 0.3) is 11.0 Å². The van der Waals surface area contributed by atoms with Gasteiger partial charge in [-0.15, -0.1) is 0 Å². The van der Waals surface area contributed by atoms with E-state index in [0.29, 0.717) is 11.8 Å². The third-order valence-electron chi connectivity index (χ3n) is 4.42. The summed E-state index contributed by atoms with van der Waals surface area (Å²) < 4.78 is 6.04. The lowest BCUT2D eigenvalue weighted by Crippen LogP contribution is -2.36.